The lowest BCUT2D eigenvalue weighted by Crippen LogP contribution is -2.49. The van der Waals surface area contributed by atoms with E-state index in [-0.39, 0.29) is 12.5 Å². The molecule has 0 bridgehead atoms. The summed E-state index contributed by atoms with van der Waals surface area (Å²) >= 11 is 11.1. The van der Waals surface area contributed by atoms with Crippen molar-refractivity contribution in [3.8, 4) is 5.75 Å². The number of hydrogen-bond donors (Lipinski definition) is 3. The van der Waals surface area contributed by atoms with Crippen molar-refractivity contribution < 1.29 is 9.53 Å². The van der Waals surface area contributed by atoms with E-state index in [4.69, 9.17) is 28.6 Å². The SMILES string of the molecule is CCCC[C@H](CC)CNC(=S)NNC(=O)COc1ccccc1Cl. The summed E-state index contributed by atoms with van der Waals surface area (Å²) in [5.41, 5.74) is 5.17. The van der Waals surface area contributed by atoms with Gasteiger partial charge in [-0.05, 0) is 36.7 Å². The lowest BCUT2D eigenvalue weighted by molar-refractivity contribution is -0.123. The second-order valence-corrected chi connectivity index (χ2v) is 6.33. The summed E-state index contributed by atoms with van der Waals surface area (Å²) in [6.45, 7) is 5.01. The Morgan fingerprint density at radius 3 is 2.71 bits per heavy atom. The van der Waals surface area contributed by atoms with Crippen LogP contribution in [0.2, 0.25) is 5.02 Å². The maximum absolute atomic E-state index is 11.7. The summed E-state index contributed by atoms with van der Waals surface area (Å²) in [7, 11) is 0. The van der Waals surface area contributed by atoms with E-state index in [0.29, 0.717) is 21.8 Å². The number of unbranched alkanes of at least 4 members (excludes halogenated alkanes) is 1. The van der Waals surface area contributed by atoms with Gasteiger partial charge in [-0.3, -0.25) is 15.6 Å². The fourth-order valence-corrected chi connectivity index (χ4v) is 2.42. The van der Waals surface area contributed by atoms with Crippen LogP contribution >= 0.6 is 23.8 Å². The number of ether oxygens (including phenoxy) is 1. The van der Waals surface area contributed by atoms with E-state index in [1.807, 2.05) is 0 Å². The van der Waals surface area contributed by atoms with Crippen molar-refractivity contribution >= 4 is 34.8 Å². The number of nitrogens with one attached hydrogen (secondary N) is 3. The summed E-state index contributed by atoms with van der Waals surface area (Å²) in [4.78, 5) is 11.7. The van der Waals surface area contributed by atoms with Crippen molar-refractivity contribution in [3.05, 3.63) is 29.3 Å². The number of para-hydroxylation sites is 1. The molecule has 0 aliphatic heterocycles. The Balaban J connectivity index is 2.21. The van der Waals surface area contributed by atoms with Crippen LogP contribution in [0.25, 0.3) is 0 Å². The average Bonchev–Trinajstić information content (AvgIpc) is 2.59. The zero-order chi connectivity index (χ0) is 17.8. The van der Waals surface area contributed by atoms with E-state index in [9.17, 15) is 4.79 Å². The summed E-state index contributed by atoms with van der Waals surface area (Å²) in [6.07, 6.45) is 4.70. The second kappa shape index (κ2) is 11.9. The first kappa shape index (κ1) is 20.5. The molecule has 0 radical (unpaired) electrons. The van der Waals surface area contributed by atoms with Crippen molar-refractivity contribution in [2.45, 2.75) is 39.5 Å². The van der Waals surface area contributed by atoms with E-state index in [0.717, 1.165) is 13.0 Å². The molecular weight excluding hydrogens is 346 g/mol. The Hall–Kier alpha value is -1.53. The molecule has 1 aromatic carbocycles. The average molecular weight is 372 g/mol. The van der Waals surface area contributed by atoms with E-state index in [2.05, 4.69) is 30.0 Å². The highest BCUT2D eigenvalue weighted by molar-refractivity contribution is 7.80. The zero-order valence-electron chi connectivity index (χ0n) is 14.2. The highest BCUT2D eigenvalue weighted by Gasteiger charge is 2.08. The Kier molecular flexibility index (Phi) is 10.2. The van der Waals surface area contributed by atoms with Crippen LogP contribution in [0.1, 0.15) is 39.5 Å². The van der Waals surface area contributed by atoms with Crippen molar-refractivity contribution in [2.24, 2.45) is 5.92 Å². The van der Waals surface area contributed by atoms with Crippen LogP contribution < -0.4 is 20.9 Å². The van der Waals surface area contributed by atoms with Gasteiger partial charge in [0, 0.05) is 6.54 Å². The third-order valence-corrected chi connectivity index (χ3v) is 4.16. The monoisotopic (exact) mass is 371 g/mol. The van der Waals surface area contributed by atoms with Crippen LogP contribution in [-0.2, 0) is 4.79 Å². The van der Waals surface area contributed by atoms with E-state index in [1.165, 1.54) is 19.3 Å². The number of amides is 1. The predicted octanol–water partition coefficient (Wildman–Crippen LogP) is 3.43. The van der Waals surface area contributed by atoms with Crippen LogP contribution in [0, 0.1) is 5.92 Å². The molecule has 0 saturated carbocycles. The lowest BCUT2D eigenvalue weighted by atomic mass is 9.99. The smallest absolute Gasteiger partial charge is 0.276 e. The van der Waals surface area contributed by atoms with Crippen molar-refractivity contribution in [1.82, 2.24) is 16.2 Å². The van der Waals surface area contributed by atoms with Gasteiger partial charge in [0.1, 0.15) is 5.75 Å². The number of hydrazine groups is 1. The van der Waals surface area contributed by atoms with E-state index >= 15 is 0 Å². The summed E-state index contributed by atoms with van der Waals surface area (Å²) in [5.74, 6) is 0.720. The quantitative estimate of drug-likeness (QED) is 0.458. The van der Waals surface area contributed by atoms with Gasteiger partial charge in [0.05, 0.1) is 5.02 Å². The predicted molar refractivity (Wildman–Crippen MR) is 102 cm³/mol. The zero-order valence-corrected chi connectivity index (χ0v) is 15.8. The van der Waals surface area contributed by atoms with Crippen LogP contribution in [0.15, 0.2) is 24.3 Å². The minimum absolute atomic E-state index is 0.145. The van der Waals surface area contributed by atoms with Gasteiger partial charge >= 0.3 is 0 Å². The Morgan fingerprint density at radius 1 is 1.29 bits per heavy atom. The number of halogens is 1. The highest BCUT2D eigenvalue weighted by atomic mass is 35.5. The molecule has 0 aromatic heterocycles. The summed E-state index contributed by atoms with van der Waals surface area (Å²) < 4.78 is 5.34. The standard InChI is InChI=1S/C17H26ClN3O2S/c1-3-5-8-13(4-2)11-19-17(24)21-20-16(22)12-23-15-10-7-6-9-14(15)18/h6-7,9-10,13H,3-5,8,11-12H2,1-2H3,(H,20,22)(H2,19,21,24)/t13-/m0/s1. The third kappa shape index (κ3) is 8.36. The lowest BCUT2D eigenvalue weighted by Gasteiger charge is -2.17. The molecule has 0 saturated heterocycles. The van der Waals surface area contributed by atoms with Gasteiger partial charge in [-0.15, -0.1) is 0 Å². The van der Waals surface area contributed by atoms with Gasteiger partial charge in [0.15, 0.2) is 11.7 Å². The molecule has 0 aliphatic rings. The van der Waals surface area contributed by atoms with Gasteiger partial charge in [-0.25, -0.2) is 0 Å². The molecule has 3 N–H and O–H groups in total. The molecule has 24 heavy (non-hydrogen) atoms. The summed E-state index contributed by atoms with van der Waals surface area (Å²) in [6, 6.07) is 7.00. The van der Waals surface area contributed by atoms with Gasteiger partial charge in [-0.1, -0.05) is 56.8 Å². The topological polar surface area (TPSA) is 62.4 Å². The molecule has 0 spiro atoms. The van der Waals surface area contributed by atoms with Gasteiger partial charge < -0.3 is 10.1 Å². The van der Waals surface area contributed by atoms with Gasteiger partial charge in [-0.2, -0.15) is 0 Å². The number of rotatable bonds is 9. The molecule has 5 nitrogen and oxygen atoms in total. The second-order valence-electron chi connectivity index (χ2n) is 5.52. The number of carbonyl (C=O) groups is 1. The fraction of sp³-hybridized carbons (Fsp3) is 0.529. The maximum atomic E-state index is 11.7. The van der Waals surface area contributed by atoms with Crippen LogP contribution in [0.3, 0.4) is 0 Å². The molecule has 0 fully saturated rings. The fourth-order valence-electron chi connectivity index (χ4n) is 2.09. The van der Waals surface area contributed by atoms with Crippen LogP contribution in [-0.4, -0.2) is 24.2 Å². The number of benzene rings is 1. The molecule has 7 heteroatoms. The normalized spacial score (nSPS) is 11.5. The first-order valence-corrected chi connectivity index (χ1v) is 9.05. The molecule has 0 heterocycles. The minimum Gasteiger partial charge on any atom is -0.482 e. The highest BCUT2D eigenvalue weighted by Crippen LogP contribution is 2.22. The molecule has 0 aliphatic carbocycles. The summed E-state index contributed by atoms with van der Waals surface area (Å²) in [5, 5.41) is 3.99. The Morgan fingerprint density at radius 2 is 2.04 bits per heavy atom. The van der Waals surface area contributed by atoms with Crippen molar-refractivity contribution in [3.63, 3.8) is 0 Å². The third-order valence-electron chi connectivity index (χ3n) is 3.61. The largest absolute Gasteiger partial charge is 0.482 e. The van der Waals surface area contributed by atoms with Gasteiger partial charge in [0.2, 0.25) is 0 Å². The first-order valence-electron chi connectivity index (χ1n) is 8.26. The molecule has 134 valence electrons. The van der Waals surface area contributed by atoms with E-state index < -0.39 is 0 Å². The Labute approximate surface area is 154 Å². The molecule has 0 unspecified atom stereocenters. The van der Waals surface area contributed by atoms with Crippen molar-refractivity contribution in [2.75, 3.05) is 13.2 Å². The van der Waals surface area contributed by atoms with Crippen molar-refractivity contribution in [1.29, 1.82) is 0 Å². The molecular formula is C17H26ClN3O2S. The number of thiocarbonyl (C=S) groups is 1. The molecule has 1 rings (SSSR count). The van der Waals surface area contributed by atoms with Crippen LogP contribution in [0.4, 0.5) is 0 Å². The van der Waals surface area contributed by atoms with E-state index in [1.54, 1.807) is 24.3 Å². The van der Waals surface area contributed by atoms with Gasteiger partial charge in [0.25, 0.3) is 5.91 Å². The number of hydrogen-bond acceptors (Lipinski definition) is 3. The Bertz CT molecular complexity index is 528. The first-order chi connectivity index (χ1) is 11.6. The molecule has 1 aromatic rings. The maximum Gasteiger partial charge on any atom is 0.276 e. The number of carbonyl (C=O) groups excluding carboxylic acids is 1. The van der Waals surface area contributed by atoms with Crippen LogP contribution in [0.5, 0.6) is 5.75 Å². The molecule has 1 amide bonds. The molecule has 1 atom stereocenters. The minimum atomic E-state index is -0.336.